The average molecular weight is 664 g/mol. The smallest absolute Gasteiger partial charge is 0.283 e. The molecule has 4 heterocycles. The minimum Gasteiger partial charge on any atom is -0.283 e. The van der Waals surface area contributed by atoms with E-state index in [2.05, 4.69) is 24.2 Å². The average Bonchev–Trinajstić information content (AvgIpc) is 3.61. The molecule has 0 aliphatic carbocycles. The molecule has 1 N–H and O–H groups in total. The van der Waals surface area contributed by atoms with Crippen molar-refractivity contribution in [3.8, 4) is 28.1 Å². The van der Waals surface area contributed by atoms with Gasteiger partial charge in [-0.2, -0.15) is 5.10 Å². The lowest BCUT2D eigenvalue weighted by Gasteiger charge is -2.33. The highest BCUT2D eigenvalue weighted by Gasteiger charge is 2.31. The quantitative estimate of drug-likeness (QED) is 0.218. The Hall–Kier alpha value is -2.43. The lowest BCUT2D eigenvalue weighted by atomic mass is 10.1. The zero-order valence-electron chi connectivity index (χ0n) is 24.2. The molecule has 0 saturated carbocycles. The van der Waals surface area contributed by atoms with Crippen molar-refractivity contribution in [3.05, 3.63) is 56.5 Å². The van der Waals surface area contributed by atoms with Gasteiger partial charge in [-0.25, -0.2) is 23.1 Å². The van der Waals surface area contributed by atoms with Gasteiger partial charge in [0.25, 0.3) is 5.91 Å². The number of carbonyl (C=O) groups excluding carboxylic acids is 1. The standard InChI is InChI=1S/C30H36Cl2N6O3S2/c1-2-3-6-11-23-13-15-27(42-23)29-24(21-37(43(40)41)36-18-9-5-10-19-36)28(30(39)34-35-16-7-4-8-17-35)33-38(29)26-14-12-22(31)20-25(26)32/h12-15,20,43H,2-5,7-10,16-19,21H2,1H3,(H,34,39). The lowest BCUT2D eigenvalue weighted by molar-refractivity contribution is 0.0361. The first-order chi connectivity index (χ1) is 20.9. The van der Waals surface area contributed by atoms with Crippen LogP contribution in [0.3, 0.4) is 0 Å². The third-order valence-corrected chi connectivity index (χ3v) is 9.84. The van der Waals surface area contributed by atoms with E-state index in [0.29, 0.717) is 40.1 Å². The van der Waals surface area contributed by atoms with Gasteiger partial charge in [0, 0.05) is 43.2 Å². The van der Waals surface area contributed by atoms with Gasteiger partial charge in [0.05, 0.1) is 32.7 Å². The molecule has 43 heavy (non-hydrogen) atoms. The highest BCUT2D eigenvalue weighted by atomic mass is 35.5. The summed E-state index contributed by atoms with van der Waals surface area (Å²) in [4.78, 5) is 15.6. The summed E-state index contributed by atoms with van der Waals surface area (Å²) in [6.07, 6.45) is 7.71. The molecular weight excluding hydrogens is 627 g/mol. The van der Waals surface area contributed by atoms with E-state index in [0.717, 1.165) is 74.2 Å². The molecule has 1 amide bonds. The Morgan fingerprint density at radius 3 is 2.44 bits per heavy atom. The second-order valence-electron chi connectivity index (χ2n) is 10.7. The predicted molar refractivity (Wildman–Crippen MR) is 173 cm³/mol. The zero-order chi connectivity index (χ0) is 30.3. The topological polar surface area (TPSA) is 90.8 Å². The summed E-state index contributed by atoms with van der Waals surface area (Å²) in [7, 11) is -2.98. The molecule has 13 heteroatoms. The summed E-state index contributed by atoms with van der Waals surface area (Å²) in [6, 6.07) is 8.98. The van der Waals surface area contributed by atoms with Crippen LogP contribution < -0.4 is 5.43 Å². The van der Waals surface area contributed by atoms with Crippen LogP contribution in [0.2, 0.25) is 10.0 Å². The van der Waals surface area contributed by atoms with Gasteiger partial charge in [0.2, 0.25) is 10.9 Å². The number of amides is 1. The van der Waals surface area contributed by atoms with E-state index < -0.39 is 10.9 Å². The van der Waals surface area contributed by atoms with Crippen LogP contribution >= 0.6 is 34.5 Å². The highest BCUT2D eigenvalue weighted by molar-refractivity contribution is 7.69. The van der Waals surface area contributed by atoms with Crippen LogP contribution in [-0.2, 0) is 17.4 Å². The first kappa shape index (κ1) is 32.0. The fraction of sp³-hybridized carbons (Fsp3) is 0.467. The van der Waals surface area contributed by atoms with E-state index in [1.54, 1.807) is 22.9 Å². The van der Waals surface area contributed by atoms with Crippen LogP contribution in [0.15, 0.2) is 30.3 Å². The first-order valence-corrected chi connectivity index (χ1v) is 17.4. The van der Waals surface area contributed by atoms with E-state index in [4.69, 9.17) is 28.3 Å². The second kappa shape index (κ2) is 15.0. The van der Waals surface area contributed by atoms with Gasteiger partial charge in [-0.15, -0.1) is 15.8 Å². The van der Waals surface area contributed by atoms with Crippen molar-refractivity contribution in [2.45, 2.75) is 64.8 Å². The number of halogens is 2. The fourth-order valence-electron chi connectivity index (χ4n) is 5.38. The highest BCUT2D eigenvalue weighted by Crippen LogP contribution is 2.37. The second-order valence-corrected chi connectivity index (χ2v) is 13.5. The maximum Gasteiger partial charge on any atom is 0.286 e. The summed E-state index contributed by atoms with van der Waals surface area (Å²) in [5.74, 6) is 6.02. The maximum atomic E-state index is 13.9. The van der Waals surface area contributed by atoms with Gasteiger partial charge in [0.1, 0.15) is 0 Å². The molecule has 5 rings (SSSR count). The van der Waals surface area contributed by atoms with E-state index in [9.17, 15) is 13.2 Å². The Balaban J connectivity index is 1.68. The fourth-order valence-corrected chi connectivity index (χ4v) is 7.45. The van der Waals surface area contributed by atoms with Crippen LogP contribution in [0.5, 0.6) is 0 Å². The SMILES string of the molecule is CCCC#Cc1ccc(-c2c(CN(N3CCCCC3)[SH](=O)=O)c(C(=O)NN3CCCCC3)nn2-c2ccc(Cl)cc2Cl)s1. The molecular formula is C30H36Cl2N6O3S2. The Bertz CT molecular complexity index is 1570. The number of hydrazine groups is 2. The first-order valence-electron chi connectivity index (χ1n) is 14.7. The van der Waals surface area contributed by atoms with E-state index in [1.807, 2.05) is 22.2 Å². The molecule has 9 nitrogen and oxygen atoms in total. The maximum absolute atomic E-state index is 13.9. The minimum absolute atomic E-state index is 0.0449. The van der Waals surface area contributed by atoms with Crippen molar-refractivity contribution >= 4 is 51.3 Å². The minimum atomic E-state index is -2.98. The normalized spacial score (nSPS) is 16.4. The number of piperidine rings is 2. The molecule has 2 aliphatic heterocycles. The summed E-state index contributed by atoms with van der Waals surface area (Å²) in [5.41, 5.74) is 4.81. The molecule has 2 saturated heterocycles. The number of aromatic nitrogens is 2. The molecule has 3 aromatic rings. The van der Waals surface area contributed by atoms with Crippen LogP contribution in [0.25, 0.3) is 16.3 Å². The number of benzene rings is 1. The molecule has 2 fully saturated rings. The molecule has 1 aromatic carbocycles. The number of hydrogen-bond donors (Lipinski definition) is 2. The number of carbonyl (C=O) groups is 1. The van der Waals surface area contributed by atoms with Crippen molar-refractivity contribution in [1.29, 1.82) is 0 Å². The molecule has 2 aliphatic rings. The van der Waals surface area contributed by atoms with Crippen molar-refractivity contribution in [1.82, 2.24) is 29.6 Å². The van der Waals surface area contributed by atoms with E-state index >= 15 is 0 Å². The lowest BCUT2D eigenvalue weighted by Crippen LogP contribution is -2.46. The van der Waals surface area contributed by atoms with Gasteiger partial charge in [-0.3, -0.25) is 10.2 Å². The number of rotatable bonds is 9. The number of thiophene rings is 1. The van der Waals surface area contributed by atoms with Gasteiger partial charge in [-0.05, 0) is 62.4 Å². The van der Waals surface area contributed by atoms with Crippen molar-refractivity contribution < 1.29 is 13.2 Å². The van der Waals surface area contributed by atoms with Crippen LogP contribution in [0.1, 0.15) is 79.2 Å². The number of hydrogen-bond acceptors (Lipinski definition) is 7. The molecule has 2 aromatic heterocycles. The van der Waals surface area contributed by atoms with Crippen molar-refractivity contribution in [2.75, 3.05) is 26.2 Å². The van der Waals surface area contributed by atoms with Gasteiger partial charge >= 0.3 is 0 Å². The summed E-state index contributed by atoms with van der Waals surface area (Å²) in [6.45, 7) is 4.78. The number of nitrogens with zero attached hydrogens (tertiary/aromatic N) is 5. The largest absolute Gasteiger partial charge is 0.286 e. The van der Waals surface area contributed by atoms with Gasteiger partial charge < -0.3 is 0 Å². The Kier molecular flexibility index (Phi) is 11.2. The van der Waals surface area contributed by atoms with E-state index in [-0.39, 0.29) is 18.1 Å². The van der Waals surface area contributed by atoms with Gasteiger partial charge in [-0.1, -0.05) is 54.8 Å². The number of thiol groups is 1. The monoisotopic (exact) mass is 662 g/mol. The molecule has 0 radical (unpaired) electrons. The number of nitrogens with one attached hydrogen (secondary N) is 1. The summed E-state index contributed by atoms with van der Waals surface area (Å²) < 4.78 is 28.4. The Labute approximate surface area is 268 Å². The van der Waals surface area contributed by atoms with Crippen molar-refractivity contribution in [3.63, 3.8) is 0 Å². The van der Waals surface area contributed by atoms with Gasteiger partial charge in [0.15, 0.2) is 5.69 Å². The predicted octanol–water partition coefficient (Wildman–Crippen LogP) is 5.92. The van der Waals surface area contributed by atoms with Crippen LogP contribution in [-0.4, -0.2) is 64.7 Å². The summed E-state index contributed by atoms with van der Waals surface area (Å²) >= 11 is 14.4. The molecule has 230 valence electrons. The van der Waals surface area contributed by atoms with E-state index in [1.165, 1.54) is 15.8 Å². The Morgan fingerprint density at radius 2 is 1.77 bits per heavy atom. The molecule has 0 bridgehead atoms. The van der Waals surface area contributed by atoms with Crippen LogP contribution in [0, 0.1) is 11.8 Å². The van der Waals surface area contributed by atoms with Crippen LogP contribution in [0.4, 0.5) is 0 Å². The van der Waals surface area contributed by atoms with Crippen molar-refractivity contribution in [2.24, 2.45) is 0 Å². The zero-order valence-corrected chi connectivity index (χ0v) is 27.4. The summed E-state index contributed by atoms with van der Waals surface area (Å²) in [5, 5.41) is 9.42. The Morgan fingerprint density at radius 1 is 1.05 bits per heavy atom. The third kappa shape index (κ3) is 7.81. The molecule has 0 unspecified atom stereocenters. The molecule has 0 spiro atoms. The number of unbranched alkanes of at least 4 members (excludes halogenated alkanes) is 1. The molecule has 0 atom stereocenters. The third-order valence-electron chi connectivity index (χ3n) is 7.53.